The van der Waals surface area contributed by atoms with Crippen LogP contribution in [0.15, 0.2) is 23.7 Å². The highest BCUT2D eigenvalue weighted by atomic mass is 35.5. The number of aliphatic carboxylic acids is 1. The molecule has 3 atom stereocenters. The van der Waals surface area contributed by atoms with Gasteiger partial charge in [-0.05, 0) is 30.6 Å². The number of carbonyl (C=O) groups excluding carboxylic acids is 2. The van der Waals surface area contributed by atoms with Crippen LogP contribution in [0.1, 0.15) is 57.3 Å². The van der Waals surface area contributed by atoms with Gasteiger partial charge in [0.15, 0.2) is 5.78 Å². The fourth-order valence-corrected chi connectivity index (χ4v) is 5.10. The molecule has 0 radical (unpaired) electrons. The third-order valence-electron chi connectivity index (χ3n) is 6.18. The minimum atomic E-state index is -5.02. The van der Waals surface area contributed by atoms with E-state index in [1.54, 1.807) is 27.7 Å². The number of alkyl halides is 3. The molecule has 0 unspecified atom stereocenters. The van der Waals surface area contributed by atoms with Gasteiger partial charge < -0.3 is 20.7 Å². The molecule has 8 nitrogen and oxygen atoms in total. The van der Waals surface area contributed by atoms with E-state index < -0.39 is 64.9 Å². The Hall–Kier alpha value is -2.66. The number of nitrogens with one attached hydrogen (secondary N) is 2. The molecular weight excluding hydrogens is 548 g/mol. The average molecular weight is 579 g/mol. The lowest BCUT2D eigenvalue weighted by Crippen LogP contribution is -2.46. The minimum Gasteiger partial charge on any atom is -0.481 e. The average Bonchev–Trinajstić information content (AvgIpc) is 2.76. The number of allylic oxidation sites excluding steroid dienone is 1. The fraction of sp³-hybridized carbons (Fsp3) is 0.560. The number of ketones is 1. The van der Waals surface area contributed by atoms with Crippen molar-refractivity contribution in [3.05, 3.63) is 39.3 Å². The second kappa shape index (κ2) is 12.5. The van der Waals surface area contributed by atoms with Crippen LogP contribution < -0.4 is 5.32 Å². The van der Waals surface area contributed by atoms with Gasteiger partial charge in [0.2, 0.25) is 0 Å². The van der Waals surface area contributed by atoms with Gasteiger partial charge in [0, 0.05) is 31.2 Å². The van der Waals surface area contributed by atoms with Gasteiger partial charge in [-0.15, -0.1) is 0 Å². The molecule has 1 aliphatic rings. The Morgan fingerprint density at radius 3 is 2.21 bits per heavy atom. The van der Waals surface area contributed by atoms with E-state index in [0.29, 0.717) is 6.21 Å². The summed E-state index contributed by atoms with van der Waals surface area (Å²) in [4.78, 5) is 42.6. The Morgan fingerprint density at radius 1 is 1.18 bits per heavy atom. The summed E-state index contributed by atoms with van der Waals surface area (Å²) >= 11 is 12.1. The molecular formula is C25H31Cl2F3N4O4. The maximum Gasteiger partial charge on any atom is 0.431 e. The molecule has 0 spiro atoms. The van der Waals surface area contributed by atoms with Crippen molar-refractivity contribution in [1.29, 1.82) is 5.41 Å². The second-order valence-electron chi connectivity index (χ2n) is 10.6. The monoisotopic (exact) mass is 578 g/mol. The number of rotatable bonds is 9. The van der Waals surface area contributed by atoms with Crippen molar-refractivity contribution in [2.45, 2.75) is 59.2 Å². The van der Waals surface area contributed by atoms with Crippen LogP contribution in [-0.2, 0) is 9.59 Å². The van der Waals surface area contributed by atoms with Gasteiger partial charge in [-0.3, -0.25) is 19.4 Å². The van der Waals surface area contributed by atoms with E-state index in [0.717, 1.165) is 4.90 Å². The van der Waals surface area contributed by atoms with Crippen molar-refractivity contribution in [2.24, 2.45) is 17.3 Å². The van der Waals surface area contributed by atoms with Gasteiger partial charge in [0.25, 0.3) is 5.91 Å². The predicted molar refractivity (Wildman–Crippen MR) is 138 cm³/mol. The Labute approximate surface area is 229 Å². The lowest BCUT2D eigenvalue weighted by Gasteiger charge is -2.35. The molecule has 1 amide bonds. The van der Waals surface area contributed by atoms with Crippen LogP contribution in [0.2, 0.25) is 10.0 Å². The summed E-state index contributed by atoms with van der Waals surface area (Å²) in [6.07, 6.45) is -1.88. The van der Waals surface area contributed by atoms with Gasteiger partial charge >= 0.3 is 12.1 Å². The highest BCUT2D eigenvalue weighted by Crippen LogP contribution is 2.34. The topological polar surface area (TPSA) is 123 Å². The number of hydrogen-bond acceptors (Lipinski definition) is 6. The molecule has 1 fully saturated rings. The number of amides is 1. The van der Waals surface area contributed by atoms with Crippen LogP contribution in [0.3, 0.4) is 0 Å². The lowest BCUT2D eigenvalue weighted by molar-refractivity contribution is -0.145. The smallest absolute Gasteiger partial charge is 0.431 e. The number of hydrogen-bond donors (Lipinski definition) is 3. The number of carbonyl (C=O) groups is 3. The van der Waals surface area contributed by atoms with Crippen molar-refractivity contribution in [3.8, 4) is 0 Å². The Kier molecular flexibility index (Phi) is 10.4. The number of Topliss-reactive ketones (excluding diaryl/α,β-unsaturated/α-hetero) is 1. The molecule has 0 aromatic carbocycles. The van der Waals surface area contributed by atoms with E-state index in [1.807, 2.05) is 0 Å². The summed E-state index contributed by atoms with van der Waals surface area (Å²) in [6.45, 7) is 6.12. The summed E-state index contributed by atoms with van der Waals surface area (Å²) in [5.74, 6) is -3.94. The summed E-state index contributed by atoms with van der Waals surface area (Å²) in [7, 11) is 0. The van der Waals surface area contributed by atoms with E-state index in [4.69, 9.17) is 28.6 Å². The molecule has 0 bridgehead atoms. The van der Waals surface area contributed by atoms with Crippen LogP contribution >= 0.6 is 23.2 Å². The van der Waals surface area contributed by atoms with E-state index in [1.165, 1.54) is 12.4 Å². The molecule has 1 heterocycles. The van der Waals surface area contributed by atoms with Crippen LogP contribution in [0.5, 0.6) is 0 Å². The summed E-state index contributed by atoms with van der Waals surface area (Å²) in [5.41, 5.74) is -3.11. The zero-order valence-corrected chi connectivity index (χ0v) is 23.0. The van der Waals surface area contributed by atoms with Gasteiger partial charge in [0.05, 0.1) is 33.6 Å². The molecule has 0 saturated heterocycles. The summed E-state index contributed by atoms with van der Waals surface area (Å²) < 4.78 is 42.6. The maximum absolute atomic E-state index is 14.2. The zero-order valence-electron chi connectivity index (χ0n) is 21.5. The summed E-state index contributed by atoms with van der Waals surface area (Å²) in [5, 5.41) is 19.2. The number of pyridine rings is 1. The largest absolute Gasteiger partial charge is 0.481 e. The SMILES string of the molecule is C[C@H]1C[C@@H](N/C(=C(\C=N)C(=O)N(CC(=O)c2c(Cl)cncc2Cl)CC(C)(C)C)C(F)(F)F)CC[C@@H]1C(=O)O. The molecule has 13 heteroatoms. The van der Waals surface area contributed by atoms with Crippen LogP contribution in [0.25, 0.3) is 0 Å². The molecule has 0 aliphatic heterocycles. The molecule has 1 aromatic rings. The quantitative estimate of drug-likeness (QED) is 0.205. The molecule has 1 aromatic heterocycles. The predicted octanol–water partition coefficient (Wildman–Crippen LogP) is 5.39. The van der Waals surface area contributed by atoms with E-state index in [-0.39, 0.29) is 41.4 Å². The lowest BCUT2D eigenvalue weighted by atomic mass is 9.78. The highest BCUT2D eigenvalue weighted by molar-refractivity contribution is 6.39. The first-order valence-corrected chi connectivity index (χ1v) is 12.6. The summed E-state index contributed by atoms with van der Waals surface area (Å²) in [6, 6.07) is -0.757. The maximum atomic E-state index is 14.2. The molecule has 38 heavy (non-hydrogen) atoms. The molecule has 3 N–H and O–H groups in total. The number of aromatic nitrogens is 1. The van der Waals surface area contributed by atoms with Crippen LogP contribution in [-0.4, -0.2) is 64.2 Å². The fourth-order valence-electron chi connectivity index (χ4n) is 4.52. The Bertz CT molecular complexity index is 1100. The zero-order chi connectivity index (χ0) is 29.0. The highest BCUT2D eigenvalue weighted by Gasteiger charge is 2.42. The Balaban J connectivity index is 2.46. The van der Waals surface area contributed by atoms with Gasteiger partial charge in [-0.25, -0.2) is 0 Å². The number of halogens is 5. The molecule has 2 rings (SSSR count). The molecule has 1 aliphatic carbocycles. The van der Waals surface area contributed by atoms with Crippen molar-refractivity contribution in [3.63, 3.8) is 0 Å². The van der Waals surface area contributed by atoms with Gasteiger partial charge in [0.1, 0.15) is 5.70 Å². The van der Waals surface area contributed by atoms with E-state index in [2.05, 4.69) is 10.3 Å². The number of carboxylic acid groups (broad SMARTS) is 1. The second-order valence-corrected chi connectivity index (χ2v) is 11.4. The normalized spacial score (nSPS) is 20.8. The Morgan fingerprint density at radius 2 is 1.76 bits per heavy atom. The van der Waals surface area contributed by atoms with E-state index >= 15 is 0 Å². The van der Waals surface area contributed by atoms with Crippen molar-refractivity contribution in [1.82, 2.24) is 15.2 Å². The first-order valence-electron chi connectivity index (χ1n) is 11.9. The number of carboxylic acids is 1. The number of nitrogens with zero attached hydrogens (tertiary/aromatic N) is 2. The third kappa shape index (κ3) is 8.17. The first-order chi connectivity index (χ1) is 17.5. The van der Waals surface area contributed by atoms with Gasteiger partial charge in [-0.2, -0.15) is 13.2 Å². The van der Waals surface area contributed by atoms with E-state index in [9.17, 15) is 32.7 Å². The first kappa shape index (κ1) is 31.6. The third-order valence-corrected chi connectivity index (χ3v) is 6.75. The molecule has 210 valence electrons. The van der Waals surface area contributed by atoms with Crippen molar-refractivity contribution >= 4 is 47.1 Å². The van der Waals surface area contributed by atoms with Crippen LogP contribution in [0.4, 0.5) is 13.2 Å². The minimum absolute atomic E-state index is 0.0720. The van der Waals surface area contributed by atoms with Crippen molar-refractivity contribution in [2.75, 3.05) is 13.1 Å². The van der Waals surface area contributed by atoms with Gasteiger partial charge in [-0.1, -0.05) is 50.9 Å². The standard InChI is InChI=1S/C25H31Cl2F3N4O4/c1-13-7-14(5-6-15(13)23(37)38)33-21(25(28,29)30)16(8-31)22(36)34(12-24(2,3)4)11-19(35)20-17(26)9-32-10-18(20)27/h8-10,13-15,31,33H,5-7,11-12H2,1-4H3,(H,37,38)/b21-16+,31-8?/t13-,14-,15-/m0/s1. The van der Waals surface area contributed by atoms with Crippen molar-refractivity contribution < 1.29 is 32.7 Å². The molecule has 1 saturated carbocycles. The van der Waals surface area contributed by atoms with Crippen LogP contribution in [0, 0.1) is 22.7 Å².